The fourth-order valence-electron chi connectivity index (χ4n) is 3.35. The maximum absolute atomic E-state index is 11.7. The van der Waals surface area contributed by atoms with Crippen molar-refractivity contribution in [2.45, 2.75) is 58.2 Å². The predicted octanol–water partition coefficient (Wildman–Crippen LogP) is 0.831. The normalized spacial score (nSPS) is 25.1. The molecule has 2 aliphatic rings. The van der Waals surface area contributed by atoms with Crippen molar-refractivity contribution in [3.8, 4) is 5.75 Å². The topological polar surface area (TPSA) is 139 Å². The van der Waals surface area contributed by atoms with E-state index in [0.29, 0.717) is 18.6 Å². The number of hydrazone groups is 1. The van der Waals surface area contributed by atoms with E-state index in [1.54, 1.807) is 24.3 Å². The lowest BCUT2D eigenvalue weighted by atomic mass is 10.0. The highest BCUT2D eigenvalue weighted by atomic mass is 16.7. The Hall–Kier alpha value is -3.47. The molecule has 0 radical (unpaired) electrons. The van der Waals surface area contributed by atoms with Crippen LogP contribution in [0.3, 0.4) is 0 Å². The van der Waals surface area contributed by atoms with Crippen LogP contribution in [0, 0.1) is 0 Å². The summed E-state index contributed by atoms with van der Waals surface area (Å²) in [7, 11) is 0. The van der Waals surface area contributed by atoms with E-state index in [1.165, 1.54) is 20.8 Å². The molecule has 2 heterocycles. The van der Waals surface area contributed by atoms with Crippen molar-refractivity contribution in [3.05, 3.63) is 29.8 Å². The van der Waals surface area contributed by atoms with Crippen LogP contribution < -0.4 is 10.2 Å². The molecule has 11 heteroatoms. The summed E-state index contributed by atoms with van der Waals surface area (Å²) in [5.41, 5.74) is 3.99. The maximum Gasteiger partial charge on any atom is 0.303 e. The monoisotopic (exact) mass is 448 g/mol. The van der Waals surface area contributed by atoms with Gasteiger partial charge in [0.2, 0.25) is 18.3 Å². The van der Waals surface area contributed by atoms with Gasteiger partial charge in [0.15, 0.2) is 12.2 Å². The van der Waals surface area contributed by atoms with Gasteiger partial charge in [-0.15, -0.1) is 0 Å². The molecule has 0 aromatic heterocycles. The first-order chi connectivity index (χ1) is 15.2. The van der Waals surface area contributed by atoms with Gasteiger partial charge in [0.25, 0.3) is 0 Å². The molecule has 0 spiro atoms. The SMILES string of the molecule is CC(=O)O[C@@H]1[C@@H](OC(C)=O)[C@H](Oc2ccc(C3=NNC(=O)CC3)cc2)OC[C@H]1OC(C)=O. The summed E-state index contributed by atoms with van der Waals surface area (Å²) in [5.74, 6) is -1.64. The predicted molar refractivity (Wildman–Crippen MR) is 107 cm³/mol. The summed E-state index contributed by atoms with van der Waals surface area (Å²) < 4.78 is 27.3. The maximum atomic E-state index is 11.7. The summed E-state index contributed by atoms with van der Waals surface area (Å²) in [5, 5.41) is 4.04. The standard InChI is InChI=1S/C21H24N2O9/c1-11(24)29-17-10-28-21(20(31-13(3)26)19(17)30-12(2)25)32-15-6-4-14(5-7-15)16-8-9-18(27)23-22-16/h4-7,17,19-21H,8-10H2,1-3H3,(H,23,27)/t17-,19+,20-,21+/m1/s1. The molecule has 1 aromatic rings. The third-order valence-electron chi connectivity index (χ3n) is 4.65. The lowest BCUT2D eigenvalue weighted by Crippen LogP contribution is -2.59. The van der Waals surface area contributed by atoms with Crippen LogP contribution in [0.5, 0.6) is 5.75 Å². The number of benzene rings is 1. The van der Waals surface area contributed by atoms with Crippen LogP contribution in [0.2, 0.25) is 0 Å². The van der Waals surface area contributed by atoms with Crippen molar-refractivity contribution >= 4 is 29.5 Å². The Morgan fingerprint density at radius 3 is 2.12 bits per heavy atom. The number of nitrogens with zero attached hydrogens (tertiary/aromatic N) is 1. The van der Waals surface area contributed by atoms with Gasteiger partial charge in [0, 0.05) is 33.6 Å². The molecule has 0 aliphatic carbocycles. The van der Waals surface area contributed by atoms with E-state index in [9.17, 15) is 19.2 Å². The molecule has 1 saturated heterocycles. The Bertz CT molecular complexity index is 912. The zero-order valence-electron chi connectivity index (χ0n) is 17.9. The highest BCUT2D eigenvalue weighted by molar-refractivity contribution is 6.04. The average Bonchev–Trinajstić information content (AvgIpc) is 2.72. The Labute approximate surface area is 184 Å². The number of carbonyl (C=O) groups is 4. The zero-order valence-corrected chi connectivity index (χ0v) is 17.9. The Morgan fingerprint density at radius 2 is 1.56 bits per heavy atom. The van der Waals surface area contributed by atoms with E-state index in [0.717, 1.165) is 11.3 Å². The van der Waals surface area contributed by atoms with Crippen molar-refractivity contribution in [2.24, 2.45) is 5.10 Å². The van der Waals surface area contributed by atoms with Gasteiger partial charge in [-0.2, -0.15) is 5.10 Å². The number of amides is 1. The van der Waals surface area contributed by atoms with Crippen LogP contribution in [-0.4, -0.2) is 60.7 Å². The van der Waals surface area contributed by atoms with Gasteiger partial charge in [-0.25, -0.2) is 5.43 Å². The molecular formula is C21H24N2O9. The smallest absolute Gasteiger partial charge is 0.303 e. The largest absolute Gasteiger partial charge is 0.461 e. The molecule has 1 fully saturated rings. The summed E-state index contributed by atoms with van der Waals surface area (Å²) >= 11 is 0. The first-order valence-corrected chi connectivity index (χ1v) is 9.98. The molecule has 0 bridgehead atoms. The van der Waals surface area contributed by atoms with Crippen molar-refractivity contribution < 1.29 is 42.9 Å². The van der Waals surface area contributed by atoms with Gasteiger partial charge in [0.05, 0.1) is 12.3 Å². The second-order valence-electron chi connectivity index (χ2n) is 7.23. The molecule has 32 heavy (non-hydrogen) atoms. The fraction of sp³-hybridized carbons (Fsp3) is 0.476. The van der Waals surface area contributed by atoms with Gasteiger partial charge >= 0.3 is 17.9 Å². The van der Waals surface area contributed by atoms with E-state index in [4.69, 9.17) is 23.7 Å². The summed E-state index contributed by atoms with van der Waals surface area (Å²) in [6.45, 7) is 3.46. The van der Waals surface area contributed by atoms with E-state index in [1.807, 2.05) is 0 Å². The lowest BCUT2D eigenvalue weighted by molar-refractivity contribution is -0.259. The summed E-state index contributed by atoms with van der Waals surface area (Å²) in [6, 6.07) is 6.87. The van der Waals surface area contributed by atoms with Crippen LogP contribution in [0.1, 0.15) is 39.2 Å². The molecule has 172 valence electrons. The fourth-order valence-corrected chi connectivity index (χ4v) is 3.35. The molecule has 4 atom stereocenters. The number of hydrogen-bond acceptors (Lipinski definition) is 10. The van der Waals surface area contributed by atoms with Gasteiger partial charge < -0.3 is 23.7 Å². The van der Waals surface area contributed by atoms with Crippen LogP contribution in [0.25, 0.3) is 0 Å². The van der Waals surface area contributed by atoms with Crippen LogP contribution in [0.15, 0.2) is 29.4 Å². The highest BCUT2D eigenvalue weighted by Crippen LogP contribution is 2.27. The molecule has 1 amide bonds. The van der Waals surface area contributed by atoms with Crippen molar-refractivity contribution in [3.63, 3.8) is 0 Å². The zero-order chi connectivity index (χ0) is 23.3. The number of esters is 3. The number of nitrogens with one attached hydrogen (secondary N) is 1. The van der Waals surface area contributed by atoms with Gasteiger partial charge in [-0.3, -0.25) is 19.2 Å². The van der Waals surface area contributed by atoms with Crippen LogP contribution in [-0.2, 0) is 38.1 Å². The quantitative estimate of drug-likeness (QED) is 0.495. The Kier molecular flexibility index (Phi) is 7.41. The minimum Gasteiger partial charge on any atom is -0.461 e. The minimum atomic E-state index is -1.17. The molecule has 0 saturated carbocycles. The molecule has 1 N–H and O–H groups in total. The first kappa shape index (κ1) is 23.2. The molecule has 2 aliphatic heterocycles. The van der Waals surface area contributed by atoms with Crippen molar-refractivity contribution in [2.75, 3.05) is 6.61 Å². The second kappa shape index (κ2) is 10.2. The van der Waals surface area contributed by atoms with Crippen LogP contribution >= 0.6 is 0 Å². The number of ether oxygens (including phenoxy) is 5. The second-order valence-corrected chi connectivity index (χ2v) is 7.23. The Balaban J connectivity index is 1.77. The average molecular weight is 448 g/mol. The van der Waals surface area contributed by atoms with Gasteiger partial charge in [0.1, 0.15) is 5.75 Å². The Morgan fingerprint density at radius 1 is 0.938 bits per heavy atom. The van der Waals surface area contributed by atoms with Crippen molar-refractivity contribution in [1.82, 2.24) is 5.43 Å². The molecule has 1 aromatic carbocycles. The third-order valence-corrected chi connectivity index (χ3v) is 4.65. The highest BCUT2D eigenvalue weighted by Gasteiger charge is 2.48. The molecule has 3 rings (SSSR count). The van der Waals surface area contributed by atoms with Gasteiger partial charge in [-0.05, 0) is 29.8 Å². The van der Waals surface area contributed by atoms with E-state index >= 15 is 0 Å². The number of carbonyl (C=O) groups excluding carboxylic acids is 4. The summed E-state index contributed by atoms with van der Waals surface area (Å²) in [6.07, 6.45) is -3.49. The van der Waals surface area contributed by atoms with Crippen molar-refractivity contribution in [1.29, 1.82) is 0 Å². The van der Waals surface area contributed by atoms with E-state index in [2.05, 4.69) is 10.5 Å². The third kappa shape index (κ3) is 6.03. The molecule has 0 unspecified atom stereocenters. The van der Waals surface area contributed by atoms with E-state index < -0.39 is 42.5 Å². The summed E-state index contributed by atoms with van der Waals surface area (Å²) in [4.78, 5) is 46.0. The van der Waals surface area contributed by atoms with Crippen LogP contribution in [0.4, 0.5) is 0 Å². The minimum absolute atomic E-state index is 0.130. The first-order valence-electron chi connectivity index (χ1n) is 9.98. The molecule has 11 nitrogen and oxygen atoms in total. The van der Waals surface area contributed by atoms with E-state index in [-0.39, 0.29) is 12.5 Å². The molecular weight excluding hydrogens is 424 g/mol. The number of rotatable bonds is 6. The lowest BCUT2D eigenvalue weighted by Gasteiger charge is -2.40. The number of hydrogen-bond donors (Lipinski definition) is 1. The van der Waals surface area contributed by atoms with Gasteiger partial charge in [-0.1, -0.05) is 0 Å².